The van der Waals surface area contributed by atoms with E-state index >= 15 is 0 Å². The molecule has 238 valence electrons. The highest BCUT2D eigenvalue weighted by atomic mass is 17.2. The van der Waals surface area contributed by atoms with Crippen LogP contribution in [-0.4, -0.2) is 0 Å². The van der Waals surface area contributed by atoms with Crippen LogP contribution in [0.25, 0.3) is 0 Å². The maximum atomic E-state index is 5.62. The van der Waals surface area contributed by atoms with E-state index in [0.717, 1.165) is 48.0 Å². The van der Waals surface area contributed by atoms with Gasteiger partial charge in [-0.05, 0) is 71.9 Å². The molecule has 2 aromatic rings. The summed E-state index contributed by atoms with van der Waals surface area (Å²) in [5, 5.41) is 0. The third-order valence-corrected chi connectivity index (χ3v) is 9.14. The van der Waals surface area contributed by atoms with Crippen molar-refractivity contribution >= 4 is 0 Å². The molecule has 0 fully saturated rings. The summed E-state index contributed by atoms with van der Waals surface area (Å²) < 4.78 is 0. The first-order valence-electron chi connectivity index (χ1n) is 17.9. The van der Waals surface area contributed by atoms with Gasteiger partial charge in [0.15, 0.2) is 11.5 Å². The maximum absolute atomic E-state index is 5.62. The minimum Gasteiger partial charge on any atom is -0.290 e. The standard InChI is InChI=1S/C40H66O2/c1-7-9-17-33(3)19-13-11-15-21-35(5)31-37-23-27-39(28-24-37)41-42-40-29-25-38(26-30-40)32-36(6)22-16-12-14-20-34(4)18-10-8-2/h23-30,33-36H,7-22,31-32H2,1-6H3. The van der Waals surface area contributed by atoms with Gasteiger partial charge in [0.1, 0.15) is 0 Å². The van der Waals surface area contributed by atoms with Crippen molar-refractivity contribution < 1.29 is 9.78 Å². The van der Waals surface area contributed by atoms with Crippen LogP contribution in [0.2, 0.25) is 0 Å². The lowest BCUT2D eigenvalue weighted by molar-refractivity contribution is -0.0999. The molecule has 0 amide bonds. The van der Waals surface area contributed by atoms with E-state index in [4.69, 9.17) is 9.78 Å². The van der Waals surface area contributed by atoms with Crippen molar-refractivity contribution in [2.75, 3.05) is 0 Å². The first kappa shape index (κ1) is 36.2. The predicted molar refractivity (Wildman–Crippen MR) is 183 cm³/mol. The number of hydrogen-bond acceptors (Lipinski definition) is 2. The summed E-state index contributed by atoms with van der Waals surface area (Å²) in [7, 11) is 0. The molecular formula is C40H66O2. The van der Waals surface area contributed by atoms with Crippen molar-refractivity contribution in [1.82, 2.24) is 0 Å². The van der Waals surface area contributed by atoms with E-state index in [2.05, 4.69) is 65.8 Å². The highest BCUT2D eigenvalue weighted by Crippen LogP contribution is 2.23. The molecule has 0 aliphatic rings. The number of unbranched alkanes of at least 4 members (excludes halogenated alkanes) is 6. The van der Waals surface area contributed by atoms with Crippen molar-refractivity contribution in [2.45, 2.75) is 157 Å². The molecule has 0 heterocycles. The van der Waals surface area contributed by atoms with Gasteiger partial charge >= 0.3 is 0 Å². The van der Waals surface area contributed by atoms with Crippen LogP contribution >= 0.6 is 0 Å². The Kier molecular flexibility index (Phi) is 19.5. The maximum Gasteiger partial charge on any atom is 0.178 e. The second-order valence-corrected chi connectivity index (χ2v) is 13.8. The molecule has 0 saturated heterocycles. The van der Waals surface area contributed by atoms with E-state index < -0.39 is 0 Å². The monoisotopic (exact) mass is 579 g/mol. The molecule has 4 unspecified atom stereocenters. The molecule has 2 nitrogen and oxygen atoms in total. The average Bonchev–Trinajstić information content (AvgIpc) is 2.99. The Bertz CT molecular complexity index is 811. The average molecular weight is 579 g/mol. The molecule has 0 N–H and O–H groups in total. The van der Waals surface area contributed by atoms with Gasteiger partial charge in [-0.25, -0.2) is 0 Å². The van der Waals surface area contributed by atoms with Gasteiger partial charge in [-0.15, -0.1) is 0 Å². The summed E-state index contributed by atoms with van der Waals surface area (Å²) in [6.07, 6.45) is 24.2. The third kappa shape index (κ3) is 17.2. The number of benzene rings is 2. The van der Waals surface area contributed by atoms with Crippen molar-refractivity contribution in [3.05, 3.63) is 59.7 Å². The summed E-state index contributed by atoms with van der Waals surface area (Å²) in [4.78, 5) is 11.2. The highest BCUT2D eigenvalue weighted by Gasteiger charge is 2.08. The van der Waals surface area contributed by atoms with E-state index in [0.29, 0.717) is 0 Å². The van der Waals surface area contributed by atoms with E-state index in [-0.39, 0.29) is 0 Å². The molecule has 2 rings (SSSR count). The molecule has 0 aliphatic heterocycles. The van der Waals surface area contributed by atoms with Crippen LogP contribution in [-0.2, 0) is 12.8 Å². The normalized spacial score (nSPS) is 14.3. The van der Waals surface area contributed by atoms with Crippen LogP contribution in [0.4, 0.5) is 0 Å². The summed E-state index contributed by atoms with van der Waals surface area (Å²) >= 11 is 0. The molecule has 2 aromatic carbocycles. The minimum absolute atomic E-state index is 0.718. The first-order chi connectivity index (χ1) is 20.4. The zero-order valence-electron chi connectivity index (χ0n) is 28.5. The van der Waals surface area contributed by atoms with Crippen LogP contribution in [0.5, 0.6) is 11.5 Å². The Balaban J connectivity index is 1.58. The van der Waals surface area contributed by atoms with Crippen LogP contribution in [0.1, 0.15) is 155 Å². The van der Waals surface area contributed by atoms with Crippen molar-refractivity contribution in [3.63, 3.8) is 0 Å². The molecule has 4 atom stereocenters. The van der Waals surface area contributed by atoms with Crippen LogP contribution in [0.15, 0.2) is 48.5 Å². The van der Waals surface area contributed by atoms with Gasteiger partial charge in [-0.1, -0.05) is 169 Å². The lowest BCUT2D eigenvalue weighted by atomic mass is 9.93. The highest BCUT2D eigenvalue weighted by molar-refractivity contribution is 5.29. The Morgan fingerprint density at radius 1 is 0.405 bits per heavy atom. The van der Waals surface area contributed by atoms with Gasteiger partial charge in [0.2, 0.25) is 0 Å². The molecule has 0 saturated carbocycles. The van der Waals surface area contributed by atoms with Crippen molar-refractivity contribution in [2.24, 2.45) is 23.7 Å². The smallest absolute Gasteiger partial charge is 0.178 e. The summed E-state index contributed by atoms with van der Waals surface area (Å²) in [6.45, 7) is 14.2. The Hall–Kier alpha value is -1.96. The van der Waals surface area contributed by atoms with E-state index in [1.54, 1.807) is 0 Å². The molecule has 0 aromatic heterocycles. The number of hydrogen-bond donors (Lipinski definition) is 0. The Labute approximate surface area is 261 Å². The fourth-order valence-corrected chi connectivity index (χ4v) is 6.19. The predicted octanol–water partition coefficient (Wildman–Crippen LogP) is 13.0. The molecule has 0 spiro atoms. The Morgan fingerprint density at radius 3 is 1.05 bits per heavy atom. The van der Waals surface area contributed by atoms with Gasteiger partial charge in [-0.3, -0.25) is 9.78 Å². The van der Waals surface area contributed by atoms with E-state index in [1.807, 2.05) is 24.3 Å². The third-order valence-electron chi connectivity index (χ3n) is 9.14. The number of rotatable bonds is 25. The topological polar surface area (TPSA) is 18.5 Å². The molecule has 0 bridgehead atoms. The summed E-state index contributed by atoms with van der Waals surface area (Å²) in [5.74, 6) is 4.74. The fourth-order valence-electron chi connectivity index (χ4n) is 6.19. The lowest BCUT2D eigenvalue weighted by Crippen LogP contribution is -2.03. The van der Waals surface area contributed by atoms with Gasteiger partial charge in [0.05, 0.1) is 0 Å². The van der Waals surface area contributed by atoms with Gasteiger partial charge in [0, 0.05) is 0 Å². The molecule has 2 heteroatoms. The largest absolute Gasteiger partial charge is 0.290 e. The SMILES string of the molecule is CCCCC(C)CCCCCC(C)Cc1ccc(OOc2ccc(CC(C)CCCCCC(C)CCCC)cc2)cc1. The van der Waals surface area contributed by atoms with Crippen LogP contribution in [0.3, 0.4) is 0 Å². The fraction of sp³-hybridized carbons (Fsp3) is 0.700. The van der Waals surface area contributed by atoms with Crippen molar-refractivity contribution in [1.29, 1.82) is 0 Å². The molecule has 42 heavy (non-hydrogen) atoms. The quantitative estimate of drug-likeness (QED) is 0.0662. The van der Waals surface area contributed by atoms with Gasteiger partial charge in [-0.2, -0.15) is 0 Å². The van der Waals surface area contributed by atoms with E-state index in [9.17, 15) is 0 Å². The Morgan fingerprint density at radius 2 is 0.714 bits per heavy atom. The van der Waals surface area contributed by atoms with E-state index in [1.165, 1.54) is 114 Å². The second-order valence-electron chi connectivity index (χ2n) is 13.8. The lowest BCUT2D eigenvalue weighted by Gasteiger charge is -2.14. The van der Waals surface area contributed by atoms with Crippen LogP contribution in [0, 0.1) is 23.7 Å². The summed E-state index contributed by atoms with van der Waals surface area (Å²) in [6, 6.07) is 16.8. The zero-order chi connectivity index (χ0) is 30.4. The molecule has 0 aliphatic carbocycles. The summed E-state index contributed by atoms with van der Waals surface area (Å²) in [5.41, 5.74) is 2.76. The molecule has 0 radical (unpaired) electrons. The van der Waals surface area contributed by atoms with Crippen molar-refractivity contribution in [3.8, 4) is 11.5 Å². The minimum atomic E-state index is 0.718. The first-order valence-corrected chi connectivity index (χ1v) is 17.9. The van der Waals surface area contributed by atoms with Gasteiger partial charge in [0.25, 0.3) is 0 Å². The zero-order valence-corrected chi connectivity index (χ0v) is 28.5. The van der Waals surface area contributed by atoms with Crippen LogP contribution < -0.4 is 9.78 Å². The molecular weight excluding hydrogens is 512 g/mol. The van der Waals surface area contributed by atoms with Gasteiger partial charge < -0.3 is 0 Å². The second kappa shape index (κ2) is 22.6.